The fourth-order valence-corrected chi connectivity index (χ4v) is 2.88. The molecular formula is C16H27N3O. The second-order valence-corrected chi connectivity index (χ2v) is 5.69. The van der Waals surface area contributed by atoms with E-state index in [2.05, 4.69) is 19.2 Å². The molecule has 0 amide bonds. The minimum Gasteiger partial charge on any atom is -0.378 e. The van der Waals surface area contributed by atoms with Crippen LogP contribution < -0.4 is 5.32 Å². The van der Waals surface area contributed by atoms with E-state index in [1.807, 2.05) is 7.05 Å². The maximum atomic E-state index is 5.78. The van der Waals surface area contributed by atoms with Gasteiger partial charge in [0.15, 0.2) is 0 Å². The number of rotatable bonds is 6. The summed E-state index contributed by atoms with van der Waals surface area (Å²) in [5, 5.41) is 3.19. The lowest BCUT2D eigenvalue weighted by molar-refractivity contribution is 0.0156. The third-order valence-electron chi connectivity index (χ3n) is 4.00. The largest absolute Gasteiger partial charge is 0.378 e. The Morgan fingerprint density at radius 3 is 2.55 bits per heavy atom. The molecule has 0 saturated carbocycles. The van der Waals surface area contributed by atoms with Gasteiger partial charge in [-0.25, -0.2) is 9.97 Å². The molecule has 112 valence electrons. The van der Waals surface area contributed by atoms with E-state index in [1.54, 1.807) is 0 Å². The maximum absolute atomic E-state index is 5.78. The predicted molar refractivity (Wildman–Crippen MR) is 81.0 cm³/mol. The van der Waals surface area contributed by atoms with Crippen molar-refractivity contribution >= 4 is 0 Å². The van der Waals surface area contributed by atoms with Crippen LogP contribution in [0.2, 0.25) is 0 Å². The van der Waals surface area contributed by atoms with Gasteiger partial charge in [-0.3, -0.25) is 0 Å². The molecule has 1 aromatic rings. The summed E-state index contributed by atoms with van der Waals surface area (Å²) in [7, 11) is 1.99. The first-order valence-electron chi connectivity index (χ1n) is 7.80. The van der Waals surface area contributed by atoms with Crippen molar-refractivity contribution in [1.29, 1.82) is 0 Å². The van der Waals surface area contributed by atoms with Gasteiger partial charge in [-0.15, -0.1) is 0 Å². The molecule has 4 nitrogen and oxygen atoms in total. The Kier molecular flexibility index (Phi) is 5.92. The predicted octanol–water partition coefficient (Wildman–Crippen LogP) is 2.36. The van der Waals surface area contributed by atoms with Crippen LogP contribution in [0.3, 0.4) is 0 Å². The summed E-state index contributed by atoms with van der Waals surface area (Å²) >= 11 is 0. The Labute approximate surface area is 122 Å². The standard InChI is InChI=1S/C16H27N3O/c1-12-15(8-6-9-17-3)13(2)19-16(18-12)11-14-7-4-5-10-20-14/h14,17H,4-11H2,1-3H3. The van der Waals surface area contributed by atoms with Gasteiger partial charge in [0.25, 0.3) is 0 Å². The Hall–Kier alpha value is -1.00. The summed E-state index contributed by atoms with van der Waals surface area (Å²) in [6.07, 6.45) is 6.97. The monoisotopic (exact) mass is 277 g/mol. The van der Waals surface area contributed by atoms with Crippen molar-refractivity contribution in [3.63, 3.8) is 0 Å². The number of aromatic nitrogens is 2. The molecule has 0 spiro atoms. The molecule has 2 rings (SSSR count). The average molecular weight is 277 g/mol. The molecule has 1 saturated heterocycles. The first-order chi connectivity index (χ1) is 9.70. The molecule has 1 fully saturated rings. The Morgan fingerprint density at radius 2 is 1.95 bits per heavy atom. The van der Waals surface area contributed by atoms with Crippen LogP contribution >= 0.6 is 0 Å². The molecule has 4 heteroatoms. The molecule has 1 aliphatic rings. The van der Waals surface area contributed by atoms with Crippen LogP contribution in [0.1, 0.15) is 48.5 Å². The van der Waals surface area contributed by atoms with E-state index in [-0.39, 0.29) is 0 Å². The van der Waals surface area contributed by atoms with Crippen LogP contribution in [0.4, 0.5) is 0 Å². The smallest absolute Gasteiger partial charge is 0.131 e. The molecule has 0 aliphatic carbocycles. The van der Waals surface area contributed by atoms with Crippen LogP contribution in [0.25, 0.3) is 0 Å². The Morgan fingerprint density at radius 1 is 1.20 bits per heavy atom. The zero-order valence-corrected chi connectivity index (χ0v) is 13.0. The lowest BCUT2D eigenvalue weighted by Gasteiger charge is -2.22. The van der Waals surface area contributed by atoms with Crippen LogP contribution in [-0.2, 0) is 17.6 Å². The summed E-state index contributed by atoms with van der Waals surface area (Å²) in [6, 6.07) is 0. The van der Waals surface area contributed by atoms with Gasteiger partial charge in [0.1, 0.15) is 5.82 Å². The van der Waals surface area contributed by atoms with E-state index in [0.717, 1.165) is 56.0 Å². The van der Waals surface area contributed by atoms with Crippen molar-refractivity contribution in [2.75, 3.05) is 20.2 Å². The van der Waals surface area contributed by atoms with E-state index in [4.69, 9.17) is 14.7 Å². The van der Waals surface area contributed by atoms with Gasteiger partial charge in [-0.1, -0.05) is 0 Å². The first-order valence-corrected chi connectivity index (χ1v) is 7.80. The minimum atomic E-state index is 0.317. The number of ether oxygens (including phenoxy) is 1. The van der Waals surface area contributed by atoms with Gasteiger partial charge in [0, 0.05) is 24.4 Å². The van der Waals surface area contributed by atoms with Crippen molar-refractivity contribution in [2.24, 2.45) is 0 Å². The third kappa shape index (κ3) is 4.25. The molecular weight excluding hydrogens is 250 g/mol. The van der Waals surface area contributed by atoms with E-state index in [1.165, 1.54) is 18.4 Å². The molecule has 0 aromatic carbocycles. The molecule has 20 heavy (non-hydrogen) atoms. The Balaban J connectivity index is 2.00. The molecule has 1 unspecified atom stereocenters. The normalized spacial score (nSPS) is 19.2. The zero-order chi connectivity index (χ0) is 14.4. The number of nitrogens with one attached hydrogen (secondary N) is 1. The van der Waals surface area contributed by atoms with Crippen molar-refractivity contribution in [3.05, 3.63) is 22.8 Å². The van der Waals surface area contributed by atoms with Crippen molar-refractivity contribution in [2.45, 2.75) is 58.5 Å². The second-order valence-electron chi connectivity index (χ2n) is 5.69. The molecule has 1 aliphatic heterocycles. The highest BCUT2D eigenvalue weighted by Crippen LogP contribution is 2.18. The van der Waals surface area contributed by atoms with Gasteiger partial charge in [-0.2, -0.15) is 0 Å². The second kappa shape index (κ2) is 7.70. The highest BCUT2D eigenvalue weighted by Gasteiger charge is 2.17. The molecule has 0 radical (unpaired) electrons. The number of nitrogens with zero attached hydrogens (tertiary/aromatic N) is 2. The summed E-state index contributed by atoms with van der Waals surface area (Å²) in [6.45, 7) is 6.14. The lowest BCUT2D eigenvalue weighted by atomic mass is 10.0. The van der Waals surface area contributed by atoms with Crippen LogP contribution in [0, 0.1) is 13.8 Å². The van der Waals surface area contributed by atoms with Gasteiger partial charge in [0.05, 0.1) is 6.10 Å². The van der Waals surface area contributed by atoms with E-state index in [0.29, 0.717) is 6.10 Å². The first kappa shape index (κ1) is 15.4. The van der Waals surface area contributed by atoms with Crippen LogP contribution in [0.5, 0.6) is 0 Å². The maximum Gasteiger partial charge on any atom is 0.131 e. The fourth-order valence-electron chi connectivity index (χ4n) is 2.88. The van der Waals surface area contributed by atoms with Gasteiger partial charge < -0.3 is 10.1 Å². The van der Waals surface area contributed by atoms with Gasteiger partial charge in [0.2, 0.25) is 0 Å². The molecule has 1 N–H and O–H groups in total. The summed E-state index contributed by atoms with van der Waals surface area (Å²) in [5.41, 5.74) is 3.59. The summed E-state index contributed by atoms with van der Waals surface area (Å²) < 4.78 is 5.78. The van der Waals surface area contributed by atoms with Crippen molar-refractivity contribution in [3.8, 4) is 0 Å². The van der Waals surface area contributed by atoms with Gasteiger partial charge >= 0.3 is 0 Å². The minimum absolute atomic E-state index is 0.317. The SMILES string of the molecule is CNCCCc1c(C)nc(CC2CCCCO2)nc1C. The van der Waals surface area contributed by atoms with Crippen molar-refractivity contribution < 1.29 is 4.74 Å². The van der Waals surface area contributed by atoms with Crippen LogP contribution in [0.15, 0.2) is 0 Å². The topological polar surface area (TPSA) is 47.0 Å². The lowest BCUT2D eigenvalue weighted by Crippen LogP contribution is -2.23. The quantitative estimate of drug-likeness (QED) is 0.811. The van der Waals surface area contributed by atoms with Crippen molar-refractivity contribution in [1.82, 2.24) is 15.3 Å². The fraction of sp³-hybridized carbons (Fsp3) is 0.750. The zero-order valence-electron chi connectivity index (χ0n) is 13.0. The summed E-state index contributed by atoms with van der Waals surface area (Å²) in [5.74, 6) is 0.948. The Bertz CT molecular complexity index is 405. The highest BCUT2D eigenvalue weighted by molar-refractivity contribution is 5.24. The average Bonchev–Trinajstić information content (AvgIpc) is 2.43. The molecule has 1 aromatic heterocycles. The van der Waals surface area contributed by atoms with E-state index >= 15 is 0 Å². The van der Waals surface area contributed by atoms with E-state index in [9.17, 15) is 0 Å². The number of hydrogen-bond donors (Lipinski definition) is 1. The highest BCUT2D eigenvalue weighted by atomic mass is 16.5. The molecule has 1 atom stereocenters. The molecule has 2 heterocycles. The number of hydrogen-bond acceptors (Lipinski definition) is 4. The van der Waals surface area contributed by atoms with Gasteiger partial charge in [-0.05, 0) is 65.1 Å². The molecule has 0 bridgehead atoms. The summed E-state index contributed by atoms with van der Waals surface area (Å²) in [4.78, 5) is 9.39. The van der Waals surface area contributed by atoms with E-state index < -0.39 is 0 Å². The van der Waals surface area contributed by atoms with Crippen LogP contribution in [-0.4, -0.2) is 36.3 Å². The third-order valence-corrected chi connectivity index (χ3v) is 4.00. The number of aryl methyl sites for hydroxylation is 2.